The van der Waals surface area contributed by atoms with Crippen LogP contribution in [0.3, 0.4) is 0 Å². The number of nitrogens with one attached hydrogen (secondary N) is 1. The second-order valence-electron chi connectivity index (χ2n) is 7.25. The van der Waals surface area contributed by atoms with E-state index in [-0.39, 0.29) is 0 Å². The summed E-state index contributed by atoms with van der Waals surface area (Å²) in [5.74, 6) is 3.64. The third kappa shape index (κ3) is 2.88. The van der Waals surface area contributed by atoms with Crippen LogP contribution in [0, 0.1) is 6.92 Å². The van der Waals surface area contributed by atoms with Gasteiger partial charge in [-0.05, 0) is 50.1 Å². The summed E-state index contributed by atoms with van der Waals surface area (Å²) in [5.41, 5.74) is 2.05. The van der Waals surface area contributed by atoms with Gasteiger partial charge in [-0.2, -0.15) is 0 Å². The van der Waals surface area contributed by atoms with Gasteiger partial charge in [-0.3, -0.25) is 4.40 Å². The lowest BCUT2D eigenvalue weighted by Gasteiger charge is -2.23. The normalized spacial score (nSPS) is 15.6. The van der Waals surface area contributed by atoms with E-state index in [1.807, 2.05) is 25.1 Å². The molecule has 1 aliphatic rings. The molecule has 4 aromatic rings. The number of ether oxygens (including phenoxy) is 1. The van der Waals surface area contributed by atoms with Gasteiger partial charge in [-0.15, -0.1) is 0 Å². The van der Waals surface area contributed by atoms with Gasteiger partial charge in [0.25, 0.3) is 0 Å². The summed E-state index contributed by atoms with van der Waals surface area (Å²) in [5, 5.41) is 3.80. The van der Waals surface area contributed by atoms with Crippen molar-refractivity contribution in [1.29, 1.82) is 0 Å². The summed E-state index contributed by atoms with van der Waals surface area (Å²) in [7, 11) is 1.70. The molecule has 0 aliphatic heterocycles. The Bertz CT molecular complexity index is 1100. The summed E-state index contributed by atoms with van der Waals surface area (Å²) in [6, 6.07) is 10.7. The minimum atomic E-state index is 0.488. The first-order chi connectivity index (χ1) is 13.2. The molecule has 5 rings (SSSR count). The van der Waals surface area contributed by atoms with Crippen molar-refractivity contribution in [3.8, 4) is 17.2 Å². The fraction of sp³-hybridized carbons (Fsp3) is 0.381. The molecule has 1 saturated carbocycles. The first-order valence-corrected chi connectivity index (χ1v) is 10.4. The van der Waals surface area contributed by atoms with Crippen LogP contribution in [0.2, 0.25) is 0 Å². The van der Waals surface area contributed by atoms with Gasteiger partial charge in [0.1, 0.15) is 23.0 Å². The number of methoxy groups -OCH3 is 1. The molecule has 140 valence electrons. The zero-order valence-electron chi connectivity index (χ0n) is 15.6. The van der Waals surface area contributed by atoms with Crippen LogP contribution >= 0.6 is 11.3 Å². The number of hydrogen-bond donors (Lipinski definition) is 1. The quantitative estimate of drug-likeness (QED) is 0.480. The highest BCUT2D eigenvalue weighted by Crippen LogP contribution is 2.38. The molecular weight excluding hydrogens is 358 g/mol. The minimum absolute atomic E-state index is 0.488. The molecule has 3 aromatic heterocycles. The molecule has 5 nitrogen and oxygen atoms in total. The first-order valence-electron chi connectivity index (χ1n) is 9.55. The van der Waals surface area contributed by atoms with E-state index in [0.29, 0.717) is 6.04 Å². The topological polar surface area (TPSA) is 51.7 Å². The molecule has 1 fully saturated rings. The highest BCUT2D eigenvalue weighted by Gasteiger charge is 2.23. The Hall–Kier alpha value is -2.47. The van der Waals surface area contributed by atoms with Crippen LogP contribution in [0.25, 0.3) is 26.6 Å². The van der Waals surface area contributed by atoms with Crippen molar-refractivity contribution in [2.24, 2.45) is 0 Å². The highest BCUT2D eigenvalue weighted by atomic mass is 32.1. The molecule has 0 unspecified atom stereocenters. The second-order valence-corrected chi connectivity index (χ2v) is 8.26. The maximum atomic E-state index is 5.92. The van der Waals surface area contributed by atoms with Crippen LogP contribution in [-0.2, 0) is 0 Å². The number of rotatable bonds is 4. The molecule has 6 heteroatoms. The van der Waals surface area contributed by atoms with Gasteiger partial charge in [-0.1, -0.05) is 30.6 Å². The van der Waals surface area contributed by atoms with Crippen LogP contribution in [0.5, 0.6) is 5.75 Å². The van der Waals surface area contributed by atoms with E-state index in [2.05, 4.69) is 21.9 Å². The third-order valence-corrected chi connectivity index (χ3v) is 6.38. The van der Waals surface area contributed by atoms with Gasteiger partial charge in [0.2, 0.25) is 0 Å². The standard InChI is InChI=1S/C21H23N3O2S/c1-13-8-11-17(26-13)19-20(22-14-6-4-3-5-7-14)24-16-10-9-15(25-2)12-18(16)27-21(24)23-19/h8-12,14,22H,3-7H2,1-2H3. The zero-order chi connectivity index (χ0) is 18.4. The predicted octanol–water partition coefficient (Wildman–Crippen LogP) is 5.87. The molecule has 0 spiro atoms. The number of furan rings is 1. The van der Waals surface area contributed by atoms with E-state index < -0.39 is 0 Å². The Balaban J connectivity index is 1.69. The van der Waals surface area contributed by atoms with Gasteiger partial charge in [0.05, 0.1) is 17.3 Å². The van der Waals surface area contributed by atoms with Crippen LogP contribution in [0.1, 0.15) is 37.9 Å². The van der Waals surface area contributed by atoms with Crippen molar-refractivity contribution in [2.45, 2.75) is 45.1 Å². The van der Waals surface area contributed by atoms with Crippen molar-refractivity contribution >= 4 is 32.3 Å². The average molecular weight is 382 g/mol. The molecular formula is C21H23N3O2S. The van der Waals surface area contributed by atoms with Crippen LogP contribution in [0.15, 0.2) is 34.7 Å². The molecule has 0 radical (unpaired) electrons. The highest BCUT2D eigenvalue weighted by molar-refractivity contribution is 7.23. The Morgan fingerprint density at radius 3 is 2.78 bits per heavy atom. The van der Waals surface area contributed by atoms with Crippen molar-refractivity contribution in [2.75, 3.05) is 12.4 Å². The number of hydrogen-bond acceptors (Lipinski definition) is 5. The molecule has 0 saturated heterocycles. The number of aromatic nitrogens is 2. The van der Waals surface area contributed by atoms with E-state index in [1.54, 1.807) is 18.4 Å². The fourth-order valence-electron chi connectivity index (χ4n) is 3.99. The summed E-state index contributed by atoms with van der Waals surface area (Å²) < 4.78 is 14.7. The minimum Gasteiger partial charge on any atom is -0.497 e. The largest absolute Gasteiger partial charge is 0.497 e. The molecule has 0 atom stereocenters. The van der Waals surface area contributed by atoms with Gasteiger partial charge >= 0.3 is 0 Å². The predicted molar refractivity (Wildman–Crippen MR) is 110 cm³/mol. The number of aryl methyl sites for hydroxylation is 1. The van der Waals surface area contributed by atoms with Crippen LogP contribution < -0.4 is 10.1 Å². The number of anilines is 1. The Kier molecular flexibility index (Phi) is 4.08. The van der Waals surface area contributed by atoms with E-state index in [9.17, 15) is 0 Å². The van der Waals surface area contributed by atoms with Crippen molar-refractivity contribution < 1.29 is 9.15 Å². The van der Waals surface area contributed by atoms with Gasteiger partial charge in [0.15, 0.2) is 10.7 Å². The zero-order valence-corrected chi connectivity index (χ0v) is 16.4. The maximum absolute atomic E-state index is 5.92. The summed E-state index contributed by atoms with van der Waals surface area (Å²) in [6.45, 7) is 1.97. The summed E-state index contributed by atoms with van der Waals surface area (Å²) in [4.78, 5) is 5.91. The lowest BCUT2D eigenvalue weighted by molar-refractivity contribution is 0.415. The monoisotopic (exact) mass is 381 g/mol. The summed E-state index contributed by atoms with van der Waals surface area (Å²) in [6.07, 6.45) is 6.33. The van der Waals surface area contributed by atoms with E-state index in [0.717, 1.165) is 39.3 Å². The molecule has 3 heterocycles. The number of benzene rings is 1. The maximum Gasteiger partial charge on any atom is 0.197 e. The second kappa shape index (κ2) is 6.60. The number of fused-ring (bicyclic) bond motifs is 3. The lowest BCUT2D eigenvalue weighted by Crippen LogP contribution is -2.23. The van der Waals surface area contributed by atoms with Crippen molar-refractivity contribution in [3.05, 3.63) is 36.1 Å². The molecule has 0 bridgehead atoms. The van der Waals surface area contributed by atoms with E-state index in [1.165, 1.54) is 36.8 Å². The molecule has 1 N–H and O–H groups in total. The van der Waals surface area contributed by atoms with Crippen molar-refractivity contribution in [3.63, 3.8) is 0 Å². The fourth-order valence-corrected chi connectivity index (χ4v) is 5.04. The van der Waals surface area contributed by atoms with Crippen LogP contribution in [-0.4, -0.2) is 22.5 Å². The molecule has 27 heavy (non-hydrogen) atoms. The summed E-state index contributed by atoms with van der Waals surface area (Å²) >= 11 is 1.68. The van der Waals surface area contributed by atoms with Gasteiger partial charge < -0.3 is 14.5 Å². The van der Waals surface area contributed by atoms with Gasteiger partial charge in [0, 0.05) is 6.04 Å². The number of nitrogens with zero attached hydrogens (tertiary/aromatic N) is 2. The van der Waals surface area contributed by atoms with Crippen LogP contribution in [0.4, 0.5) is 5.82 Å². The SMILES string of the molecule is COc1ccc2c(c1)sc1nc(-c3ccc(C)o3)c(NC3CCCCC3)n12. The Morgan fingerprint density at radius 2 is 2.04 bits per heavy atom. The Morgan fingerprint density at radius 1 is 1.19 bits per heavy atom. The third-order valence-electron chi connectivity index (χ3n) is 5.38. The van der Waals surface area contributed by atoms with E-state index >= 15 is 0 Å². The molecule has 1 aliphatic carbocycles. The molecule has 1 aromatic carbocycles. The van der Waals surface area contributed by atoms with Crippen molar-refractivity contribution in [1.82, 2.24) is 9.38 Å². The number of imidazole rings is 1. The average Bonchev–Trinajstić information content (AvgIpc) is 3.36. The van der Waals surface area contributed by atoms with E-state index in [4.69, 9.17) is 14.1 Å². The smallest absolute Gasteiger partial charge is 0.197 e. The number of thiazole rings is 1. The lowest BCUT2D eigenvalue weighted by atomic mass is 9.95. The molecule has 0 amide bonds. The Labute approximate surface area is 162 Å². The first kappa shape index (κ1) is 16.7. The van der Waals surface area contributed by atoms with Gasteiger partial charge in [-0.25, -0.2) is 4.98 Å².